The fourth-order valence-corrected chi connectivity index (χ4v) is 1.65. The molecule has 6 nitrogen and oxygen atoms in total. The molecule has 0 atom stereocenters. The van der Waals surface area contributed by atoms with Gasteiger partial charge < -0.3 is 9.47 Å². The zero-order valence-corrected chi connectivity index (χ0v) is 10.4. The Labute approximate surface area is 104 Å². The second kappa shape index (κ2) is 4.87. The molecule has 0 unspecified atom stereocenters. The lowest BCUT2D eigenvalue weighted by Gasteiger charge is -2.05. The van der Waals surface area contributed by atoms with Crippen LogP contribution in [-0.4, -0.2) is 35.0 Å². The van der Waals surface area contributed by atoms with Gasteiger partial charge in [0.25, 0.3) is 0 Å². The zero-order chi connectivity index (χ0) is 13.1. The SMILES string of the molecule is COC(=O)c1c(-c2cc(OC)ccn2)cnn1C. The highest BCUT2D eigenvalue weighted by Crippen LogP contribution is 2.24. The monoisotopic (exact) mass is 247 g/mol. The Balaban J connectivity index is 2.53. The van der Waals surface area contributed by atoms with E-state index >= 15 is 0 Å². The zero-order valence-electron chi connectivity index (χ0n) is 10.4. The van der Waals surface area contributed by atoms with E-state index in [1.807, 2.05) is 0 Å². The summed E-state index contributed by atoms with van der Waals surface area (Å²) >= 11 is 0. The van der Waals surface area contributed by atoms with Gasteiger partial charge in [-0.2, -0.15) is 5.10 Å². The van der Waals surface area contributed by atoms with Gasteiger partial charge in [-0.05, 0) is 6.07 Å². The lowest BCUT2D eigenvalue weighted by Crippen LogP contribution is -2.09. The van der Waals surface area contributed by atoms with Crippen LogP contribution in [0.25, 0.3) is 11.3 Å². The van der Waals surface area contributed by atoms with Crippen LogP contribution in [0.2, 0.25) is 0 Å². The standard InChI is InChI=1S/C12H13N3O3/c1-15-11(12(16)18-3)9(7-14-15)10-6-8(17-2)4-5-13-10/h4-7H,1-3H3. The van der Waals surface area contributed by atoms with Crippen LogP contribution >= 0.6 is 0 Å². The maximum atomic E-state index is 11.7. The molecule has 0 saturated carbocycles. The molecular weight excluding hydrogens is 234 g/mol. The molecule has 0 bridgehead atoms. The molecule has 94 valence electrons. The highest BCUT2D eigenvalue weighted by atomic mass is 16.5. The Kier molecular flexibility index (Phi) is 3.27. The first-order chi connectivity index (χ1) is 8.67. The van der Waals surface area contributed by atoms with Crippen LogP contribution in [0.1, 0.15) is 10.5 Å². The molecule has 6 heteroatoms. The summed E-state index contributed by atoms with van der Waals surface area (Å²) in [4.78, 5) is 15.9. The molecule has 18 heavy (non-hydrogen) atoms. The summed E-state index contributed by atoms with van der Waals surface area (Å²) in [6.07, 6.45) is 3.19. The van der Waals surface area contributed by atoms with Crippen molar-refractivity contribution in [3.63, 3.8) is 0 Å². The predicted molar refractivity (Wildman–Crippen MR) is 64.3 cm³/mol. The normalized spacial score (nSPS) is 10.2. The summed E-state index contributed by atoms with van der Waals surface area (Å²) in [5.41, 5.74) is 1.59. The lowest BCUT2D eigenvalue weighted by atomic mass is 10.1. The third kappa shape index (κ3) is 2.04. The van der Waals surface area contributed by atoms with Crippen LogP contribution in [0.4, 0.5) is 0 Å². The van der Waals surface area contributed by atoms with Crippen LogP contribution in [-0.2, 0) is 11.8 Å². The van der Waals surface area contributed by atoms with Crippen LogP contribution in [0.15, 0.2) is 24.5 Å². The van der Waals surface area contributed by atoms with E-state index in [4.69, 9.17) is 9.47 Å². The largest absolute Gasteiger partial charge is 0.497 e. The van der Waals surface area contributed by atoms with E-state index in [0.29, 0.717) is 22.7 Å². The molecule has 0 spiro atoms. The number of aromatic nitrogens is 3. The Morgan fingerprint density at radius 1 is 1.39 bits per heavy atom. The number of carbonyl (C=O) groups excluding carboxylic acids is 1. The van der Waals surface area contributed by atoms with Crippen LogP contribution in [0.3, 0.4) is 0 Å². The fraction of sp³-hybridized carbons (Fsp3) is 0.250. The maximum absolute atomic E-state index is 11.7. The predicted octanol–water partition coefficient (Wildman–Crippen LogP) is 1.28. The number of aryl methyl sites for hydroxylation is 1. The summed E-state index contributed by atoms with van der Waals surface area (Å²) < 4.78 is 11.3. The molecule has 2 aromatic rings. The van der Waals surface area contributed by atoms with Gasteiger partial charge in [-0.15, -0.1) is 0 Å². The van der Waals surface area contributed by atoms with Crippen LogP contribution in [0.5, 0.6) is 5.75 Å². The highest BCUT2D eigenvalue weighted by Gasteiger charge is 2.19. The van der Waals surface area contributed by atoms with Gasteiger partial charge in [0.05, 0.1) is 31.7 Å². The molecule has 0 N–H and O–H groups in total. The fourth-order valence-electron chi connectivity index (χ4n) is 1.65. The first-order valence-electron chi connectivity index (χ1n) is 5.28. The second-order valence-corrected chi connectivity index (χ2v) is 3.60. The van der Waals surface area contributed by atoms with Gasteiger partial charge in [-0.1, -0.05) is 0 Å². The molecular formula is C12H13N3O3. The number of nitrogens with zero attached hydrogens (tertiary/aromatic N) is 3. The Hall–Kier alpha value is -2.37. The van der Waals surface area contributed by atoms with Crippen molar-refractivity contribution < 1.29 is 14.3 Å². The van der Waals surface area contributed by atoms with Crippen molar-refractivity contribution in [2.45, 2.75) is 0 Å². The number of ether oxygens (including phenoxy) is 2. The van der Waals surface area contributed by atoms with E-state index in [-0.39, 0.29) is 0 Å². The minimum absolute atomic E-state index is 0.359. The van der Waals surface area contributed by atoms with Crippen molar-refractivity contribution in [3.8, 4) is 17.0 Å². The molecule has 0 fully saturated rings. The maximum Gasteiger partial charge on any atom is 0.357 e. The minimum atomic E-state index is -0.449. The smallest absolute Gasteiger partial charge is 0.357 e. The van der Waals surface area contributed by atoms with E-state index in [0.717, 1.165) is 0 Å². The van der Waals surface area contributed by atoms with Crippen LogP contribution < -0.4 is 4.74 Å². The number of hydrogen-bond donors (Lipinski definition) is 0. The first-order valence-corrected chi connectivity index (χ1v) is 5.28. The van der Waals surface area contributed by atoms with Crippen molar-refractivity contribution in [2.75, 3.05) is 14.2 Å². The summed E-state index contributed by atoms with van der Waals surface area (Å²) in [7, 11) is 4.58. The van der Waals surface area contributed by atoms with Crippen molar-refractivity contribution in [3.05, 3.63) is 30.2 Å². The average molecular weight is 247 g/mol. The van der Waals surface area contributed by atoms with Crippen molar-refractivity contribution in [1.29, 1.82) is 0 Å². The molecule has 0 saturated heterocycles. The Morgan fingerprint density at radius 2 is 2.17 bits per heavy atom. The Morgan fingerprint density at radius 3 is 2.83 bits per heavy atom. The van der Waals surface area contributed by atoms with Gasteiger partial charge in [0, 0.05) is 19.3 Å². The molecule has 2 rings (SSSR count). The second-order valence-electron chi connectivity index (χ2n) is 3.60. The van der Waals surface area contributed by atoms with Gasteiger partial charge in [0.1, 0.15) is 5.75 Å². The molecule has 0 amide bonds. The van der Waals surface area contributed by atoms with E-state index in [1.54, 1.807) is 38.7 Å². The lowest BCUT2D eigenvalue weighted by molar-refractivity contribution is 0.0589. The number of carbonyl (C=O) groups is 1. The van der Waals surface area contributed by atoms with Crippen molar-refractivity contribution in [1.82, 2.24) is 14.8 Å². The molecule has 0 aliphatic heterocycles. The van der Waals surface area contributed by atoms with E-state index in [2.05, 4.69) is 10.1 Å². The summed E-state index contributed by atoms with van der Waals surface area (Å²) in [5, 5.41) is 4.05. The number of methoxy groups -OCH3 is 2. The van der Waals surface area contributed by atoms with E-state index in [1.165, 1.54) is 11.8 Å². The van der Waals surface area contributed by atoms with Gasteiger partial charge in [0.15, 0.2) is 5.69 Å². The number of hydrogen-bond acceptors (Lipinski definition) is 5. The molecule has 2 heterocycles. The van der Waals surface area contributed by atoms with Crippen LogP contribution in [0, 0.1) is 0 Å². The number of rotatable bonds is 3. The number of pyridine rings is 1. The minimum Gasteiger partial charge on any atom is -0.497 e. The Bertz CT molecular complexity index is 578. The average Bonchev–Trinajstić information content (AvgIpc) is 2.80. The summed E-state index contributed by atoms with van der Waals surface area (Å²) in [5.74, 6) is 0.217. The van der Waals surface area contributed by atoms with Gasteiger partial charge in [0.2, 0.25) is 0 Å². The molecule has 0 radical (unpaired) electrons. The molecule has 0 aliphatic carbocycles. The van der Waals surface area contributed by atoms with E-state index in [9.17, 15) is 4.79 Å². The number of esters is 1. The van der Waals surface area contributed by atoms with Crippen molar-refractivity contribution >= 4 is 5.97 Å². The summed E-state index contributed by atoms with van der Waals surface area (Å²) in [6, 6.07) is 3.47. The summed E-state index contributed by atoms with van der Waals surface area (Å²) in [6.45, 7) is 0. The quantitative estimate of drug-likeness (QED) is 0.764. The third-order valence-corrected chi connectivity index (χ3v) is 2.56. The topological polar surface area (TPSA) is 66.2 Å². The third-order valence-electron chi connectivity index (χ3n) is 2.56. The van der Waals surface area contributed by atoms with Gasteiger partial charge >= 0.3 is 5.97 Å². The van der Waals surface area contributed by atoms with E-state index < -0.39 is 5.97 Å². The molecule has 0 aromatic carbocycles. The van der Waals surface area contributed by atoms with Gasteiger partial charge in [-0.3, -0.25) is 9.67 Å². The molecule has 0 aliphatic rings. The highest BCUT2D eigenvalue weighted by molar-refractivity contribution is 5.94. The van der Waals surface area contributed by atoms with Gasteiger partial charge in [-0.25, -0.2) is 4.79 Å². The first kappa shape index (κ1) is 12.1. The molecule has 2 aromatic heterocycles. The van der Waals surface area contributed by atoms with Crippen molar-refractivity contribution in [2.24, 2.45) is 7.05 Å².